The van der Waals surface area contributed by atoms with Crippen molar-refractivity contribution < 1.29 is 4.74 Å². The lowest BCUT2D eigenvalue weighted by atomic mass is 10.0. The molecule has 17 heavy (non-hydrogen) atoms. The van der Waals surface area contributed by atoms with Crippen molar-refractivity contribution in [3.05, 3.63) is 29.3 Å². The molecule has 3 rings (SSSR count). The molecule has 2 heterocycles. The van der Waals surface area contributed by atoms with Crippen LogP contribution in [0.5, 0.6) is 5.75 Å². The van der Waals surface area contributed by atoms with Crippen molar-refractivity contribution in [3.8, 4) is 5.75 Å². The van der Waals surface area contributed by atoms with Gasteiger partial charge in [-0.1, -0.05) is 12.1 Å². The van der Waals surface area contributed by atoms with Crippen LogP contribution in [-0.2, 0) is 6.42 Å². The summed E-state index contributed by atoms with van der Waals surface area (Å²) in [5.41, 5.74) is 2.74. The molecule has 1 aromatic rings. The average Bonchev–Trinajstić information content (AvgIpc) is 2.86. The quantitative estimate of drug-likeness (QED) is 0.838. The molecule has 0 unspecified atom stereocenters. The van der Waals surface area contributed by atoms with Crippen molar-refractivity contribution in [1.82, 2.24) is 10.2 Å². The third-order valence-electron chi connectivity index (χ3n) is 3.90. The van der Waals surface area contributed by atoms with E-state index < -0.39 is 0 Å². The largest absolute Gasteiger partial charge is 0.493 e. The first-order valence-electron chi connectivity index (χ1n) is 6.55. The van der Waals surface area contributed by atoms with Crippen molar-refractivity contribution in [2.75, 3.05) is 32.8 Å². The summed E-state index contributed by atoms with van der Waals surface area (Å²) in [4.78, 5) is 2.53. The first-order chi connectivity index (χ1) is 8.34. The molecule has 92 valence electrons. The number of ether oxygens (including phenoxy) is 1. The van der Waals surface area contributed by atoms with Gasteiger partial charge in [0.15, 0.2) is 0 Å². The first-order valence-corrected chi connectivity index (χ1v) is 6.55. The average molecular weight is 232 g/mol. The maximum Gasteiger partial charge on any atom is 0.122 e. The van der Waals surface area contributed by atoms with Crippen LogP contribution in [0, 0.1) is 0 Å². The molecule has 0 aromatic heterocycles. The maximum absolute atomic E-state index is 5.65. The summed E-state index contributed by atoms with van der Waals surface area (Å²) in [6.45, 7) is 7.62. The maximum atomic E-state index is 5.65. The molecule has 0 saturated carbocycles. The second kappa shape index (κ2) is 4.67. The van der Waals surface area contributed by atoms with Gasteiger partial charge in [0.05, 0.1) is 6.61 Å². The molecular weight excluding hydrogens is 212 g/mol. The smallest absolute Gasteiger partial charge is 0.122 e. The molecule has 0 spiro atoms. The van der Waals surface area contributed by atoms with E-state index in [-0.39, 0.29) is 0 Å². The molecule has 1 aromatic carbocycles. The van der Waals surface area contributed by atoms with E-state index in [1.54, 1.807) is 0 Å². The minimum Gasteiger partial charge on any atom is -0.493 e. The van der Waals surface area contributed by atoms with Gasteiger partial charge in [0.1, 0.15) is 5.75 Å². The molecule has 3 heteroatoms. The summed E-state index contributed by atoms with van der Waals surface area (Å²) in [6.07, 6.45) is 1.07. The number of hydrogen-bond acceptors (Lipinski definition) is 3. The Morgan fingerprint density at radius 1 is 1.29 bits per heavy atom. The molecule has 0 radical (unpaired) electrons. The van der Waals surface area contributed by atoms with Gasteiger partial charge < -0.3 is 10.1 Å². The number of nitrogens with one attached hydrogen (secondary N) is 1. The summed E-state index contributed by atoms with van der Waals surface area (Å²) in [5.74, 6) is 1.10. The van der Waals surface area contributed by atoms with E-state index in [1.165, 1.54) is 11.1 Å². The predicted octanol–water partition coefficient (Wildman–Crippen LogP) is 1.59. The molecule has 1 fully saturated rings. The van der Waals surface area contributed by atoms with E-state index in [2.05, 4.69) is 35.3 Å². The second-order valence-electron chi connectivity index (χ2n) is 4.93. The Morgan fingerprint density at radius 3 is 2.94 bits per heavy atom. The minimum absolute atomic E-state index is 0.492. The fourth-order valence-electron chi connectivity index (χ4n) is 2.72. The fourth-order valence-corrected chi connectivity index (χ4v) is 2.72. The minimum atomic E-state index is 0.492. The Morgan fingerprint density at radius 2 is 2.12 bits per heavy atom. The van der Waals surface area contributed by atoms with E-state index in [4.69, 9.17) is 4.74 Å². The van der Waals surface area contributed by atoms with Gasteiger partial charge in [0.25, 0.3) is 0 Å². The van der Waals surface area contributed by atoms with Gasteiger partial charge in [0, 0.05) is 38.6 Å². The Kier molecular flexibility index (Phi) is 3.04. The summed E-state index contributed by atoms with van der Waals surface area (Å²) >= 11 is 0. The van der Waals surface area contributed by atoms with Crippen LogP contribution in [0.1, 0.15) is 24.1 Å². The van der Waals surface area contributed by atoms with Gasteiger partial charge in [-0.15, -0.1) is 0 Å². The zero-order valence-corrected chi connectivity index (χ0v) is 10.4. The standard InChI is InChI=1S/C14H20N2O/c1-11(16-7-5-15-6-8-16)13-3-2-12-4-9-17-14(12)10-13/h2-3,10-11,15H,4-9H2,1H3/t11-/m1/s1. The van der Waals surface area contributed by atoms with Gasteiger partial charge in [-0.25, -0.2) is 0 Å². The highest BCUT2D eigenvalue weighted by atomic mass is 16.5. The zero-order valence-electron chi connectivity index (χ0n) is 10.4. The highest BCUT2D eigenvalue weighted by Crippen LogP contribution is 2.30. The Bertz CT molecular complexity index is 399. The van der Waals surface area contributed by atoms with Gasteiger partial charge in [-0.2, -0.15) is 0 Å². The molecular formula is C14H20N2O. The normalized spacial score (nSPS) is 21.9. The number of piperazine rings is 1. The number of fused-ring (bicyclic) bond motifs is 1. The number of rotatable bonds is 2. The lowest BCUT2D eigenvalue weighted by Crippen LogP contribution is -2.44. The Balaban J connectivity index is 1.78. The topological polar surface area (TPSA) is 24.5 Å². The third kappa shape index (κ3) is 2.17. The highest BCUT2D eigenvalue weighted by Gasteiger charge is 2.20. The van der Waals surface area contributed by atoms with Crippen LogP contribution < -0.4 is 10.1 Å². The van der Waals surface area contributed by atoms with E-state index >= 15 is 0 Å². The van der Waals surface area contributed by atoms with Crippen molar-refractivity contribution in [2.24, 2.45) is 0 Å². The van der Waals surface area contributed by atoms with Gasteiger partial charge in [-0.05, 0) is 24.1 Å². The van der Waals surface area contributed by atoms with Crippen LogP contribution in [-0.4, -0.2) is 37.7 Å². The lowest BCUT2D eigenvalue weighted by molar-refractivity contribution is 0.185. The first kappa shape index (κ1) is 11.1. The molecule has 2 aliphatic heterocycles. The molecule has 0 bridgehead atoms. The molecule has 1 N–H and O–H groups in total. The van der Waals surface area contributed by atoms with E-state index in [0.29, 0.717) is 6.04 Å². The lowest BCUT2D eigenvalue weighted by Gasteiger charge is -2.33. The summed E-state index contributed by atoms with van der Waals surface area (Å²) in [7, 11) is 0. The van der Waals surface area contributed by atoms with Gasteiger partial charge in [0.2, 0.25) is 0 Å². The molecule has 1 saturated heterocycles. The van der Waals surface area contributed by atoms with E-state index in [1.807, 2.05) is 0 Å². The molecule has 0 amide bonds. The number of benzene rings is 1. The van der Waals surface area contributed by atoms with Crippen molar-refractivity contribution >= 4 is 0 Å². The number of hydrogen-bond donors (Lipinski definition) is 1. The zero-order chi connectivity index (χ0) is 11.7. The van der Waals surface area contributed by atoms with Crippen molar-refractivity contribution in [3.63, 3.8) is 0 Å². The fraction of sp³-hybridized carbons (Fsp3) is 0.571. The second-order valence-corrected chi connectivity index (χ2v) is 4.93. The predicted molar refractivity (Wildman–Crippen MR) is 68.5 cm³/mol. The van der Waals surface area contributed by atoms with E-state index in [9.17, 15) is 0 Å². The van der Waals surface area contributed by atoms with E-state index in [0.717, 1.165) is 45.0 Å². The highest BCUT2D eigenvalue weighted by molar-refractivity contribution is 5.41. The SMILES string of the molecule is C[C@H](c1ccc2c(c1)OCC2)N1CCNCC1. The van der Waals surface area contributed by atoms with Crippen LogP contribution in [0.25, 0.3) is 0 Å². The van der Waals surface area contributed by atoms with Crippen molar-refractivity contribution in [1.29, 1.82) is 0 Å². The van der Waals surface area contributed by atoms with Crippen LogP contribution >= 0.6 is 0 Å². The third-order valence-corrected chi connectivity index (χ3v) is 3.90. The van der Waals surface area contributed by atoms with Crippen molar-refractivity contribution in [2.45, 2.75) is 19.4 Å². The summed E-state index contributed by atoms with van der Waals surface area (Å²) in [6, 6.07) is 7.22. The summed E-state index contributed by atoms with van der Waals surface area (Å²) in [5, 5.41) is 3.40. The molecule has 2 aliphatic rings. The summed E-state index contributed by atoms with van der Waals surface area (Å²) < 4.78 is 5.65. The van der Waals surface area contributed by atoms with Crippen LogP contribution in [0.15, 0.2) is 18.2 Å². The molecule has 1 atom stereocenters. The van der Waals surface area contributed by atoms with Crippen LogP contribution in [0.4, 0.5) is 0 Å². The Hall–Kier alpha value is -1.06. The van der Waals surface area contributed by atoms with Gasteiger partial charge in [-0.3, -0.25) is 4.90 Å². The molecule has 3 nitrogen and oxygen atoms in total. The monoisotopic (exact) mass is 232 g/mol. The Labute approximate surface area is 103 Å². The van der Waals surface area contributed by atoms with Gasteiger partial charge >= 0.3 is 0 Å². The van der Waals surface area contributed by atoms with Crippen LogP contribution in [0.2, 0.25) is 0 Å². The molecule has 0 aliphatic carbocycles. The number of nitrogens with zero attached hydrogens (tertiary/aromatic N) is 1. The van der Waals surface area contributed by atoms with Crippen LogP contribution in [0.3, 0.4) is 0 Å².